The van der Waals surface area contributed by atoms with Crippen molar-refractivity contribution >= 4 is 5.97 Å². The van der Waals surface area contributed by atoms with Crippen molar-refractivity contribution in [3.8, 4) is 0 Å². The van der Waals surface area contributed by atoms with Crippen LogP contribution in [-0.2, 0) is 4.79 Å². The maximum Gasteiger partial charge on any atom is 0.303 e. The van der Waals surface area contributed by atoms with Gasteiger partial charge in [-0.15, -0.1) is 0 Å². The molecule has 0 amide bonds. The standard InChI is InChI=1S/C4H6N2O2.C3H6O2/c5-4(7)3-1-2-8-6-3;1-2-3(4)5/h1-2,4,7H,5H2;2H2,1H3,(H,4,5). The molecule has 1 aromatic heterocycles. The predicted molar refractivity (Wildman–Crippen MR) is 43.6 cm³/mol. The normalized spacial score (nSPS) is 11.3. The van der Waals surface area contributed by atoms with Gasteiger partial charge in [0.05, 0.1) is 0 Å². The summed E-state index contributed by atoms with van der Waals surface area (Å²) in [6.07, 6.45) is 0.555. The molecule has 0 bridgehead atoms. The first-order valence-corrected chi connectivity index (χ1v) is 3.63. The van der Waals surface area contributed by atoms with Gasteiger partial charge in [-0.25, -0.2) is 0 Å². The highest BCUT2D eigenvalue weighted by molar-refractivity contribution is 5.66. The van der Waals surface area contributed by atoms with Gasteiger partial charge in [0.1, 0.15) is 18.2 Å². The lowest BCUT2D eigenvalue weighted by Gasteiger charge is -1.92. The molecular weight excluding hydrogens is 176 g/mol. The van der Waals surface area contributed by atoms with Crippen molar-refractivity contribution in [1.82, 2.24) is 5.16 Å². The minimum atomic E-state index is -1.02. The third kappa shape index (κ3) is 5.83. The first-order valence-electron chi connectivity index (χ1n) is 3.63. The minimum absolute atomic E-state index is 0.222. The number of nitrogens with zero attached hydrogens (tertiary/aromatic N) is 1. The Labute approximate surface area is 75.0 Å². The molecule has 1 aromatic rings. The zero-order chi connectivity index (χ0) is 10.3. The molecule has 0 aliphatic heterocycles. The van der Waals surface area contributed by atoms with Gasteiger partial charge in [0, 0.05) is 12.5 Å². The molecule has 0 spiro atoms. The van der Waals surface area contributed by atoms with Gasteiger partial charge in [-0.1, -0.05) is 12.1 Å². The molecule has 1 atom stereocenters. The van der Waals surface area contributed by atoms with E-state index in [1.807, 2.05) is 0 Å². The Bertz CT molecular complexity index is 233. The summed E-state index contributed by atoms with van der Waals surface area (Å²) in [4.78, 5) is 9.37. The molecule has 0 saturated heterocycles. The Morgan fingerprint density at radius 3 is 2.54 bits per heavy atom. The zero-order valence-electron chi connectivity index (χ0n) is 7.17. The van der Waals surface area contributed by atoms with Gasteiger partial charge < -0.3 is 20.5 Å². The molecule has 1 unspecified atom stereocenters. The van der Waals surface area contributed by atoms with Crippen molar-refractivity contribution in [2.24, 2.45) is 5.73 Å². The summed E-state index contributed by atoms with van der Waals surface area (Å²) in [7, 11) is 0. The second-order valence-electron chi connectivity index (χ2n) is 2.12. The Morgan fingerprint density at radius 2 is 2.38 bits per heavy atom. The lowest BCUT2D eigenvalue weighted by molar-refractivity contribution is -0.136. The van der Waals surface area contributed by atoms with Crippen LogP contribution in [0.2, 0.25) is 0 Å². The quantitative estimate of drug-likeness (QED) is 0.568. The number of carboxylic acid groups (broad SMARTS) is 1. The van der Waals surface area contributed by atoms with E-state index in [2.05, 4.69) is 9.68 Å². The van der Waals surface area contributed by atoms with Crippen molar-refractivity contribution in [2.45, 2.75) is 19.6 Å². The highest BCUT2D eigenvalue weighted by Gasteiger charge is 2.01. The molecule has 0 fully saturated rings. The smallest absolute Gasteiger partial charge is 0.303 e. The summed E-state index contributed by atoms with van der Waals surface area (Å²) in [5, 5.41) is 19.7. The topological polar surface area (TPSA) is 110 Å². The van der Waals surface area contributed by atoms with Crippen LogP contribution in [0.4, 0.5) is 0 Å². The molecule has 0 aliphatic carbocycles. The SMILES string of the molecule is CCC(=O)O.NC(O)c1ccon1. The summed E-state index contributed by atoms with van der Waals surface area (Å²) in [6, 6.07) is 1.50. The Kier molecular flexibility index (Phi) is 5.49. The summed E-state index contributed by atoms with van der Waals surface area (Å²) in [6.45, 7) is 1.60. The molecule has 0 aromatic carbocycles. The van der Waals surface area contributed by atoms with E-state index >= 15 is 0 Å². The number of hydrogen-bond donors (Lipinski definition) is 3. The van der Waals surface area contributed by atoms with E-state index in [0.717, 1.165) is 0 Å². The molecule has 4 N–H and O–H groups in total. The summed E-state index contributed by atoms with van der Waals surface area (Å²) >= 11 is 0. The third-order valence-electron chi connectivity index (χ3n) is 1.06. The lowest BCUT2D eigenvalue weighted by atomic mass is 10.4. The monoisotopic (exact) mass is 188 g/mol. The minimum Gasteiger partial charge on any atom is -0.481 e. The summed E-state index contributed by atoms with van der Waals surface area (Å²) < 4.78 is 4.39. The van der Waals surface area contributed by atoms with Gasteiger partial charge in [0.25, 0.3) is 0 Å². The molecule has 1 rings (SSSR count). The number of aliphatic hydroxyl groups excluding tert-OH is 1. The fraction of sp³-hybridized carbons (Fsp3) is 0.429. The van der Waals surface area contributed by atoms with E-state index in [-0.39, 0.29) is 6.42 Å². The van der Waals surface area contributed by atoms with E-state index in [0.29, 0.717) is 5.69 Å². The molecule has 1 heterocycles. The predicted octanol–water partition coefficient (Wildman–Crippen LogP) is 0.105. The molecule has 0 saturated carbocycles. The van der Waals surface area contributed by atoms with Crippen molar-refractivity contribution in [1.29, 1.82) is 0 Å². The lowest BCUT2D eigenvalue weighted by Crippen LogP contribution is -2.08. The number of carboxylic acids is 1. The molecular formula is C7H12N2O4. The number of rotatable bonds is 2. The van der Waals surface area contributed by atoms with Gasteiger partial charge >= 0.3 is 5.97 Å². The largest absolute Gasteiger partial charge is 0.481 e. The maximum absolute atomic E-state index is 9.37. The van der Waals surface area contributed by atoms with Crippen LogP contribution in [0.1, 0.15) is 25.3 Å². The Morgan fingerprint density at radius 1 is 1.85 bits per heavy atom. The van der Waals surface area contributed by atoms with Crippen LogP contribution in [0.15, 0.2) is 16.9 Å². The Hall–Kier alpha value is -1.40. The van der Waals surface area contributed by atoms with Crippen molar-refractivity contribution in [3.05, 3.63) is 18.0 Å². The summed E-state index contributed by atoms with van der Waals surface area (Å²) in [5.74, 6) is -0.745. The van der Waals surface area contributed by atoms with Gasteiger partial charge in [-0.05, 0) is 0 Å². The highest BCUT2D eigenvalue weighted by Crippen LogP contribution is 2.00. The van der Waals surface area contributed by atoms with Gasteiger partial charge in [-0.2, -0.15) is 0 Å². The second kappa shape index (κ2) is 6.15. The average molecular weight is 188 g/mol. The van der Waals surface area contributed by atoms with E-state index in [4.69, 9.17) is 15.9 Å². The number of carbonyl (C=O) groups is 1. The van der Waals surface area contributed by atoms with Crippen LogP contribution in [0.25, 0.3) is 0 Å². The van der Waals surface area contributed by atoms with Crippen LogP contribution in [0, 0.1) is 0 Å². The zero-order valence-corrected chi connectivity index (χ0v) is 7.17. The number of aliphatic carboxylic acids is 1. The van der Waals surface area contributed by atoms with Crippen molar-refractivity contribution in [2.75, 3.05) is 0 Å². The van der Waals surface area contributed by atoms with E-state index in [1.54, 1.807) is 6.92 Å². The average Bonchev–Trinajstić information content (AvgIpc) is 2.57. The summed E-state index contributed by atoms with van der Waals surface area (Å²) in [5.41, 5.74) is 5.34. The van der Waals surface area contributed by atoms with Crippen LogP contribution in [0.5, 0.6) is 0 Å². The van der Waals surface area contributed by atoms with Gasteiger partial charge in [0.2, 0.25) is 0 Å². The van der Waals surface area contributed by atoms with E-state index < -0.39 is 12.2 Å². The molecule has 13 heavy (non-hydrogen) atoms. The number of nitrogens with two attached hydrogens (primary N) is 1. The number of aromatic nitrogens is 1. The van der Waals surface area contributed by atoms with Crippen LogP contribution in [0.3, 0.4) is 0 Å². The maximum atomic E-state index is 9.37. The second-order valence-corrected chi connectivity index (χ2v) is 2.12. The molecule has 74 valence electrons. The fourth-order valence-electron chi connectivity index (χ4n) is 0.374. The van der Waals surface area contributed by atoms with Crippen LogP contribution >= 0.6 is 0 Å². The van der Waals surface area contributed by atoms with E-state index in [9.17, 15) is 4.79 Å². The Balaban J connectivity index is 0.000000252. The van der Waals surface area contributed by atoms with Crippen LogP contribution in [-0.4, -0.2) is 21.3 Å². The van der Waals surface area contributed by atoms with Crippen molar-refractivity contribution in [3.63, 3.8) is 0 Å². The van der Waals surface area contributed by atoms with Gasteiger partial charge in [0.15, 0.2) is 0 Å². The van der Waals surface area contributed by atoms with Crippen molar-refractivity contribution < 1.29 is 19.5 Å². The third-order valence-corrected chi connectivity index (χ3v) is 1.06. The molecule has 0 aliphatic rings. The number of hydrogen-bond acceptors (Lipinski definition) is 5. The molecule has 6 nitrogen and oxygen atoms in total. The highest BCUT2D eigenvalue weighted by atomic mass is 16.5. The number of aliphatic hydroxyl groups is 1. The fourth-order valence-corrected chi connectivity index (χ4v) is 0.374. The molecule has 6 heteroatoms. The van der Waals surface area contributed by atoms with Crippen LogP contribution < -0.4 is 5.73 Å². The first kappa shape index (κ1) is 11.6. The first-order chi connectivity index (χ1) is 6.07. The van der Waals surface area contributed by atoms with E-state index in [1.165, 1.54) is 12.3 Å². The molecule has 0 radical (unpaired) electrons. The van der Waals surface area contributed by atoms with Gasteiger partial charge in [-0.3, -0.25) is 4.79 Å².